The number of aromatic nitrogens is 6. The minimum absolute atomic E-state index is 0.0177. The number of likely N-dealkylation sites (N-methyl/N-ethyl adjacent to an activating group) is 3. The van der Waals surface area contributed by atoms with E-state index in [0.717, 1.165) is 119 Å². The number of hydrogen-bond acceptors (Lipinski definition) is 18. The molecule has 0 radical (unpaired) electrons. The number of fused-ring (bicyclic) bond motifs is 3. The van der Waals surface area contributed by atoms with E-state index in [2.05, 4.69) is 128 Å². The largest absolute Gasteiger partial charge is 0.475 e. The molecular weight excluding hydrogens is 1400 g/mol. The summed E-state index contributed by atoms with van der Waals surface area (Å²) in [5.74, 6) is -0.108. The van der Waals surface area contributed by atoms with Crippen LogP contribution in [0.1, 0.15) is 24.0 Å². The number of rotatable bonds is 18. The van der Waals surface area contributed by atoms with E-state index in [0.29, 0.717) is 96.7 Å². The molecule has 6 aromatic heterocycles. The van der Waals surface area contributed by atoms with Crippen molar-refractivity contribution in [3.05, 3.63) is 154 Å². The molecule has 1 aliphatic carbocycles. The quantitative estimate of drug-likeness (QED) is 0.0769. The molecule has 9 heterocycles. The highest BCUT2D eigenvalue weighted by Crippen LogP contribution is 2.49. The second-order valence-corrected chi connectivity index (χ2v) is 25.7. The lowest BCUT2D eigenvalue weighted by Crippen LogP contribution is -2.45. The molecule has 2 N–H and O–H groups in total. The number of carbonyl (C=O) groups is 2. The molecule has 0 atom stereocenters. The van der Waals surface area contributed by atoms with Crippen molar-refractivity contribution in [3.8, 4) is 23.3 Å². The van der Waals surface area contributed by atoms with E-state index in [1.807, 2.05) is 0 Å². The minimum Gasteiger partial charge on any atom is -0.475 e. The second kappa shape index (κ2) is 32.7. The number of ketones is 2. The molecule has 19 nitrogen and oxygen atoms in total. The Morgan fingerprint density at radius 2 is 1.03 bits per heavy atom. The Morgan fingerprint density at radius 3 is 1.54 bits per heavy atom. The summed E-state index contributed by atoms with van der Waals surface area (Å²) in [6, 6.07) is 15.1. The fraction of sp³-hybridized carbons (Fsp3) is 0.406. The number of Topliss-reactive ketones (excluding diaryl/α,β-unsaturated/α-hetero) is 2. The summed E-state index contributed by atoms with van der Waals surface area (Å²) in [5.41, 5.74) is 1.77. The van der Waals surface area contributed by atoms with Gasteiger partial charge in [0.05, 0.1) is 44.0 Å². The average Bonchev–Trinajstić information content (AvgIpc) is 1.58. The van der Waals surface area contributed by atoms with Gasteiger partial charge in [0, 0.05) is 159 Å². The molecule has 4 aliphatic rings. The van der Waals surface area contributed by atoms with Crippen LogP contribution in [-0.4, -0.2) is 215 Å². The van der Waals surface area contributed by atoms with Crippen LogP contribution in [0.4, 0.5) is 8.78 Å². The fourth-order valence-electron chi connectivity index (χ4n) is 10.3. The number of benzene rings is 2. The molecule has 4 fully saturated rings. The lowest BCUT2D eigenvalue weighted by Gasteiger charge is -2.32. The van der Waals surface area contributed by atoms with Gasteiger partial charge in [-0.2, -0.15) is 0 Å². The Kier molecular flexibility index (Phi) is 24.9. The highest BCUT2D eigenvalue weighted by molar-refractivity contribution is 9.11. The van der Waals surface area contributed by atoms with Crippen molar-refractivity contribution in [2.75, 3.05) is 139 Å². The van der Waals surface area contributed by atoms with E-state index in [1.165, 1.54) is 24.3 Å². The van der Waals surface area contributed by atoms with Crippen LogP contribution in [0.5, 0.6) is 23.3 Å². The molecule has 12 rings (SSSR count). The number of aromatic amines is 1. The molecular formula is C64H71Br3Cl2F2N12O7. The van der Waals surface area contributed by atoms with Gasteiger partial charge in [-0.1, -0.05) is 41.4 Å². The van der Waals surface area contributed by atoms with Gasteiger partial charge >= 0.3 is 0 Å². The Hall–Kier alpha value is -5.74. The number of nitrogens with one attached hydrogen (secondary N) is 1. The van der Waals surface area contributed by atoms with E-state index >= 15 is 4.39 Å². The van der Waals surface area contributed by atoms with Gasteiger partial charge in [0.1, 0.15) is 38.2 Å². The van der Waals surface area contributed by atoms with Crippen molar-refractivity contribution in [2.45, 2.75) is 25.7 Å². The third-order valence-electron chi connectivity index (χ3n) is 16.2. The van der Waals surface area contributed by atoms with E-state index in [-0.39, 0.29) is 41.5 Å². The monoisotopic (exact) mass is 1460 g/mol. The molecule has 3 aliphatic heterocycles. The average molecular weight is 1470 g/mol. The summed E-state index contributed by atoms with van der Waals surface area (Å²) in [7, 11) is 6.41. The fourth-order valence-corrected chi connectivity index (χ4v) is 12.2. The van der Waals surface area contributed by atoms with Crippen LogP contribution in [0.15, 0.2) is 116 Å². The minimum atomic E-state index is -1.05. The van der Waals surface area contributed by atoms with Crippen LogP contribution in [-0.2, 0) is 22.4 Å². The number of pyridine rings is 6. The number of ether oxygens (including phenoxy) is 3. The van der Waals surface area contributed by atoms with Gasteiger partial charge in [0.2, 0.25) is 11.8 Å². The maximum absolute atomic E-state index is 15.2. The maximum Gasteiger partial charge on any atom is 0.264 e. The molecule has 3 saturated heterocycles. The molecule has 0 amide bonds. The lowest BCUT2D eigenvalue weighted by molar-refractivity contribution is -0.133. The first-order chi connectivity index (χ1) is 43.4. The van der Waals surface area contributed by atoms with Crippen LogP contribution >= 0.6 is 71.0 Å². The van der Waals surface area contributed by atoms with Crippen molar-refractivity contribution in [1.29, 1.82) is 0 Å². The van der Waals surface area contributed by atoms with Crippen molar-refractivity contribution in [2.24, 2.45) is 5.41 Å². The van der Waals surface area contributed by atoms with Crippen LogP contribution in [0.25, 0.3) is 32.7 Å². The van der Waals surface area contributed by atoms with E-state index in [9.17, 15) is 18.8 Å². The molecule has 478 valence electrons. The van der Waals surface area contributed by atoms with Crippen LogP contribution in [0, 0.1) is 17.0 Å². The number of aliphatic hydroxyl groups excluding tert-OH is 1. The predicted molar refractivity (Wildman–Crippen MR) is 356 cm³/mol. The summed E-state index contributed by atoms with van der Waals surface area (Å²) < 4.78 is 47.9. The highest BCUT2D eigenvalue weighted by Gasteiger charge is 2.54. The molecule has 1 saturated carbocycles. The SMILES string of the molecule is CN1CCN(CCO)CC1.CN1CCN(CCOc2ncc3c(Cl)ccnc3c2Br)CC1.CN1CCN(CCOc2ncc3c(Oc4ccc(CC(=O)C5(C(=O)Cc6ccc(F)cc6)CC5)cc4F)ccnc3c2Br)CC1.O=c1[nH]cc2c(Cl)ccnc2c1Br. The zero-order chi connectivity index (χ0) is 63.9. The molecule has 0 spiro atoms. The van der Waals surface area contributed by atoms with E-state index < -0.39 is 11.2 Å². The Bertz CT molecular complexity index is 3820. The van der Waals surface area contributed by atoms with Gasteiger partial charge in [-0.15, -0.1) is 0 Å². The first kappa shape index (κ1) is 68.6. The number of H-pyrrole nitrogens is 1. The number of halogens is 7. The van der Waals surface area contributed by atoms with Gasteiger partial charge in [-0.05, 0) is 135 Å². The predicted octanol–water partition coefficient (Wildman–Crippen LogP) is 10.0. The second-order valence-electron chi connectivity index (χ2n) is 22.5. The van der Waals surface area contributed by atoms with Crippen LogP contribution in [0.3, 0.4) is 0 Å². The molecule has 90 heavy (non-hydrogen) atoms. The van der Waals surface area contributed by atoms with Gasteiger partial charge in [0.25, 0.3) is 5.56 Å². The van der Waals surface area contributed by atoms with E-state index in [4.69, 9.17) is 42.5 Å². The number of hydrogen-bond donors (Lipinski definition) is 2. The Morgan fingerprint density at radius 1 is 0.578 bits per heavy atom. The highest BCUT2D eigenvalue weighted by atomic mass is 79.9. The summed E-state index contributed by atoms with van der Waals surface area (Å²) in [4.78, 5) is 75.5. The first-order valence-corrected chi connectivity index (χ1v) is 32.7. The van der Waals surface area contributed by atoms with Crippen molar-refractivity contribution < 1.29 is 37.7 Å². The van der Waals surface area contributed by atoms with Gasteiger partial charge in [-0.25, -0.2) is 18.7 Å². The summed E-state index contributed by atoms with van der Waals surface area (Å²) in [6.07, 6.45) is 10.6. The molecule has 0 unspecified atom stereocenters. The van der Waals surface area contributed by atoms with E-state index in [1.54, 1.807) is 73.6 Å². The van der Waals surface area contributed by atoms with Gasteiger partial charge in [0.15, 0.2) is 23.1 Å². The standard InChI is InChI=1S/C34H33BrF2N4O4.C15H18BrClN4O.C8H4BrClN2O.C7H16N2O/c1-40-12-14-41(15-13-40)16-17-44-33-31(35)32-25(21-39-33)27(8-11-38-32)45-28-7-4-23(18-26(28)37)20-30(43)34(9-10-34)29(42)19-22-2-5-24(36)6-3-22;1-20-4-6-21(7-5-20)8-9-22-15-13(16)14-11(10-19-15)12(17)2-3-18-14;9-6-7-4(3-12-8(6)13)5(10)1-2-11-7;1-8-2-4-9(5-3-8)6-7-10/h2-8,11,18,21H,9-10,12-17,19-20H2,1H3;2-3,10H,4-9H2,1H3;1-3H,(H,12,13);10H,2-7H2,1H3. The number of piperazine rings is 3. The third-order valence-corrected chi connectivity index (χ3v) is 19.0. The molecule has 2 aromatic carbocycles. The third kappa shape index (κ3) is 18.3. The van der Waals surface area contributed by atoms with Gasteiger partial charge < -0.3 is 39.0 Å². The first-order valence-electron chi connectivity index (χ1n) is 29.6. The number of carbonyl (C=O) groups excluding carboxylic acids is 2. The zero-order valence-corrected chi connectivity index (χ0v) is 56.5. The molecule has 8 aromatic rings. The lowest BCUT2D eigenvalue weighted by atomic mass is 9.88. The summed E-state index contributed by atoms with van der Waals surface area (Å²) >= 11 is 22.3. The zero-order valence-electron chi connectivity index (χ0n) is 50.3. The number of β-amino-alcohol motifs (C(OH)–C–C–N with tert-alkyl or cyclic N) is 1. The summed E-state index contributed by atoms with van der Waals surface area (Å²) in [6.45, 7) is 16.9. The Balaban J connectivity index is 0.000000174. The topological polar surface area (TPSA) is 199 Å². The van der Waals surface area contributed by atoms with Crippen molar-refractivity contribution >= 4 is 115 Å². The Labute approximate surface area is 556 Å². The van der Waals surface area contributed by atoms with Crippen molar-refractivity contribution in [1.82, 2.24) is 59.3 Å². The molecule has 0 bridgehead atoms. The maximum atomic E-state index is 15.2. The van der Waals surface area contributed by atoms with Crippen LogP contribution < -0.4 is 19.8 Å². The van der Waals surface area contributed by atoms with Gasteiger partial charge in [-0.3, -0.25) is 44.0 Å². The number of nitrogens with zero attached hydrogens (tertiary/aromatic N) is 11. The smallest absolute Gasteiger partial charge is 0.264 e. The van der Waals surface area contributed by atoms with Crippen molar-refractivity contribution in [3.63, 3.8) is 0 Å². The normalized spacial score (nSPS) is 16.5. The molecule has 26 heteroatoms. The number of aliphatic hydroxyl groups is 1. The van der Waals surface area contributed by atoms with Crippen LogP contribution in [0.2, 0.25) is 10.0 Å². The summed E-state index contributed by atoms with van der Waals surface area (Å²) in [5, 5.41) is 12.0.